The van der Waals surface area contributed by atoms with Crippen molar-refractivity contribution in [3.8, 4) is 5.75 Å². The maximum atomic E-state index is 15.4. The molecule has 3 N–H and O–H groups in total. The van der Waals surface area contributed by atoms with Crippen LogP contribution < -0.4 is 26.4 Å². The van der Waals surface area contributed by atoms with Gasteiger partial charge >= 0.3 is 0 Å². The van der Waals surface area contributed by atoms with Gasteiger partial charge in [0.25, 0.3) is 5.56 Å². The number of nitrogens with one attached hydrogen (secondary N) is 1. The number of rotatable bonds is 4. The zero-order valence-corrected chi connectivity index (χ0v) is 19.3. The first-order chi connectivity index (χ1) is 14.2. The summed E-state index contributed by atoms with van der Waals surface area (Å²) in [6, 6.07) is 1.44. The highest BCUT2D eigenvalue weighted by molar-refractivity contribution is 7.12. The molecule has 1 saturated heterocycles. The molecule has 5 rings (SSSR count). The molecule has 7 nitrogen and oxygen atoms in total. The van der Waals surface area contributed by atoms with Gasteiger partial charge in [0.15, 0.2) is 11.6 Å². The Labute approximate surface area is 188 Å². The molecule has 0 spiro atoms. The van der Waals surface area contributed by atoms with Crippen molar-refractivity contribution in [1.82, 2.24) is 8.94 Å². The fourth-order valence-corrected chi connectivity index (χ4v) is 5.58. The molecule has 3 aromatic rings. The normalized spacial score (nSPS) is 19.3. The second-order valence-electron chi connectivity index (χ2n) is 9.03. The summed E-state index contributed by atoms with van der Waals surface area (Å²) in [5.74, 6) is 0.0628. The minimum atomic E-state index is -0.514. The highest BCUT2D eigenvalue weighted by atomic mass is 35.5. The van der Waals surface area contributed by atoms with E-state index in [-0.39, 0.29) is 40.7 Å². The molecule has 10 heteroatoms. The molecule has 31 heavy (non-hydrogen) atoms. The maximum absolute atomic E-state index is 15.4. The summed E-state index contributed by atoms with van der Waals surface area (Å²) < 4.78 is 25.8. The van der Waals surface area contributed by atoms with E-state index in [0.29, 0.717) is 34.9 Å². The second-order valence-corrected chi connectivity index (χ2v) is 9.83. The summed E-state index contributed by atoms with van der Waals surface area (Å²) in [6.45, 7) is 5.27. The van der Waals surface area contributed by atoms with E-state index in [4.69, 9.17) is 10.5 Å². The first-order valence-electron chi connectivity index (χ1n) is 10.2. The van der Waals surface area contributed by atoms with E-state index in [2.05, 4.69) is 4.37 Å². The first-order valence-corrected chi connectivity index (χ1v) is 11.0. The average Bonchev–Trinajstić information content (AvgIpc) is 3.25. The Morgan fingerprint density at radius 1 is 1.29 bits per heavy atom. The maximum Gasteiger partial charge on any atom is 0.271 e. The lowest BCUT2D eigenvalue weighted by molar-refractivity contribution is 0.348. The number of fused-ring (bicyclic) bond motifs is 2. The molecule has 0 radical (unpaired) electrons. The van der Waals surface area contributed by atoms with Crippen LogP contribution in [0.1, 0.15) is 39.2 Å². The summed E-state index contributed by atoms with van der Waals surface area (Å²) in [5.41, 5.74) is 6.00. The molecule has 2 fully saturated rings. The number of H-pyrrole nitrogens is 1. The number of hydrogen-bond acceptors (Lipinski definition) is 6. The van der Waals surface area contributed by atoms with Gasteiger partial charge < -0.3 is 19.9 Å². The summed E-state index contributed by atoms with van der Waals surface area (Å²) in [4.78, 5) is 28.0. The van der Waals surface area contributed by atoms with Crippen molar-refractivity contribution in [2.75, 3.05) is 25.1 Å². The van der Waals surface area contributed by atoms with Crippen LogP contribution >= 0.6 is 23.9 Å². The molecule has 0 amide bonds. The first kappa shape index (κ1) is 22.1. The van der Waals surface area contributed by atoms with Crippen LogP contribution in [0.15, 0.2) is 15.7 Å². The number of aromatic amines is 1. The van der Waals surface area contributed by atoms with Crippen LogP contribution in [0, 0.1) is 11.7 Å². The summed E-state index contributed by atoms with van der Waals surface area (Å²) >= 11 is 1.15. The molecule has 1 atom stereocenters. The number of nitrogens with zero attached hydrogens (tertiary/aromatic N) is 2. The van der Waals surface area contributed by atoms with Crippen LogP contribution in [-0.2, 0) is 0 Å². The number of pyridine rings is 1. The number of nitrogens with two attached hydrogens (primary N) is 1. The van der Waals surface area contributed by atoms with Gasteiger partial charge in [-0.3, -0.25) is 14.0 Å². The van der Waals surface area contributed by atoms with Crippen LogP contribution in [-0.4, -0.2) is 34.7 Å². The van der Waals surface area contributed by atoms with E-state index in [9.17, 15) is 9.59 Å². The average molecular weight is 469 g/mol. The smallest absolute Gasteiger partial charge is 0.271 e. The van der Waals surface area contributed by atoms with Crippen LogP contribution in [0.2, 0.25) is 0 Å². The van der Waals surface area contributed by atoms with Gasteiger partial charge in [-0.25, -0.2) is 4.39 Å². The fraction of sp³-hybridized carbons (Fsp3) is 0.524. The number of ether oxygens (including phenoxy) is 1. The van der Waals surface area contributed by atoms with Crippen molar-refractivity contribution in [3.05, 3.63) is 32.5 Å². The molecule has 0 unspecified atom stereocenters. The number of aromatic nitrogens is 2. The Balaban J connectivity index is 0.00000231. The highest BCUT2D eigenvalue weighted by Gasteiger charge is 2.37. The molecule has 2 aromatic heterocycles. The summed E-state index contributed by atoms with van der Waals surface area (Å²) in [5, 5.41) is 0.283. The number of methoxy groups -OCH3 is 1. The van der Waals surface area contributed by atoms with E-state index in [1.54, 1.807) is 0 Å². The molecular weight excluding hydrogens is 443 g/mol. The van der Waals surface area contributed by atoms with E-state index in [0.717, 1.165) is 30.8 Å². The zero-order chi connectivity index (χ0) is 21.4. The van der Waals surface area contributed by atoms with Gasteiger partial charge in [0, 0.05) is 24.7 Å². The Kier molecular flexibility index (Phi) is 5.34. The van der Waals surface area contributed by atoms with E-state index in [1.807, 2.05) is 23.3 Å². The van der Waals surface area contributed by atoms with Crippen LogP contribution in [0.4, 0.5) is 10.1 Å². The lowest BCUT2D eigenvalue weighted by Gasteiger charge is -2.28. The third-order valence-corrected chi connectivity index (χ3v) is 7.35. The Bertz CT molecular complexity index is 1290. The molecule has 0 bridgehead atoms. The van der Waals surface area contributed by atoms with Gasteiger partial charge in [-0.2, -0.15) is 0 Å². The van der Waals surface area contributed by atoms with E-state index in [1.165, 1.54) is 13.2 Å². The molecular formula is C21H26ClFN4O3S. The van der Waals surface area contributed by atoms with Gasteiger partial charge in [0.2, 0.25) is 5.43 Å². The molecule has 1 aromatic carbocycles. The SMILES string of the molecule is COc1c(N2CC[C@H](C(C)(C)N)C2)c(F)cc2c(=O)c3c(=O)[nH]sc3n(C3CC3)c12.Cl. The van der Waals surface area contributed by atoms with Crippen molar-refractivity contribution < 1.29 is 9.13 Å². The third-order valence-electron chi connectivity index (χ3n) is 6.47. The largest absolute Gasteiger partial charge is 0.492 e. The van der Waals surface area contributed by atoms with Gasteiger partial charge in [-0.15, -0.1) is 12.4 Å². The molecule has 1 saturated carbocycles. The zero-order valence-electron chi connectivity index (χ0n) is 17.7. The van der Waals surface area contributed by atoms with Gasteiger partial charge in [0.05, 0.1) is 18.0 Å². The Morgan fingerprint density at radius 2 is 2.00 bits per heavy atom. The van der Waals surface area contributed by atoms with E-state index >= 15 is 4.39 Å². The summed E-state index contributed by atoms with van der Waals surface area (Å²) in [6.07, 6.45) is 2.75. The van der Waals surface area contributed by atoms with Crippen LogP contribution in [0.5, 0.6) is 5.75 Å². The molecule has 1 aliphatic heterocycles. The second kappa shape index (κ2) is 7.50. The number of anilines is 1. The van der Waals surface area contributed by atoms with Gasteiger partial charge in [-0.1, -0.05) is 0 Å². The molecule has 1 aliphatic carbocycles. The lowest BCUT2D eigenvalue weighted by Crippen LogP contribution is -2.42. The monoisotopic (exact) mass is 468 g/mol. The van der Waals surface area contributed by atoms with Crippen molar-refractivity contribution >= 4 is 50.7 Å². The number of hydrogen-bond donors (Lipinski definition) is 2. The Morgan fingerprint density at radius 3 is 2.58 bits per heavy atom. The van der Waals surface area contributed by atoms with Crippen molar-refractivity contribution in [3.63, 3.8) is 0 Å². The fourth-order valence-electron chi connectivity index (χ4n) is 4.66. The minimum Gasteiger partial charge on any atom is -0.492 e. The Hall–Kier alpha value is -2.10. The quantitative estimate of drug-likeness (QED) is 0.612. The van der Waals surface area contributed by atoms with Crippen molar-refractivity contribution in [1.29, 1.82) is 0 Å². The highest BCUT2D eigenvalue weighted by Crippen LogP contribution is 2.46. The van der Waals surface area contributed by atoms with Crippen molar-refractivity contribution in [2.45, 2.75) is 44.7 Å². The predicted molar refractivity (Wildman–Crippen MR) is 125 cm³/mol. The number of halogens is 2. The molecule has 2 aliphatic rings. The topological polar surface area (TPSA) is 93.3 Å². The molecule has 168 valence electrons. The standard InChI is InChI=1S/C21H25FN4O3S.ClH/c1-21(2,23)10-6-7-25(9-10)16-13(22)8-12-15(18(16)29-3)26(11-4-5-11)20-14(17(12)27)19(28)24-30-20;/h8,10-11H,4-7,9,23H2,1-3H3,(H,24,28);1H/t10-;/m0./s1. The van der Waals surface area contributed by atoms with Crippen LogP contribution in [0.25, 0.3) is 21.1 Å². The van der Waals surface area contributed by atoms with Crippen LogP contribution in [0.3, 0.4) is 0 Å². The van der Waals surface area contributed by atoms with Gasteiger partial charge in [-0.05, 0) is 56.6 Å². The number of benzene rings is 1. The van der Waals surface area contributed by atoms with E-state index < -0.39 is 16.8 Å². The lowest BCUT2D eigenvalue weighted by atomic mass is 9.88. The minimum absolute atomic E-state index is 0. The van der Waals surface area contributed by atoms with Gasteiger partial charge in [0.1, 0.15) is 15.9 Å². The third kappa shape index (κ3) is 3.34. The summed E-state index contributed by atoms with van der Waals surface area (Å²) in [7, 11) is 1.50. The van der Waals surface area contributed by atoms with Crippen molar-refractivity contribution in [2.24, 2.45) is 11.7 Å². The predicted octanol–water partition coefficient (Wildman–Crippen LogP) is 3.37. The molecule has 3 heterocycles.